The molecule has 0 aromatic carbocycles. The normalized spacial score (nSPS) is 19.6. The van der Waals surface area contributed by atoms with Gasteiger partial charge < -0.3 is 15.0 Å². The number of hydrogen-bond donors (Lipinski definition) is 1. The second kappa shape index (κ2) is 6.35. The highest BCUT2D eigenvalue weighted by atomic mass is 16.5. The van der Waals surface area contributed by atoms with Crippen molar-refractivity contribution in [3.63, 3.8) is 0 Å². The second-order valence-electron chi connectivity index (χ2n) is 4.27. The molecular weight excluding hydrogens is 230 g/mol. The Balaban J connectivity index is 2.04. The van der Waals surface area contributed by atoms with E-state index in [0.717, 1.165) is 25.3 Å². The third-order valence-electron chi connectivity index (χ3n) is 3.04. The molecule has 2 rings (SSSR count). The van der Waals surface area contributed by atoms with Gasteiger partial charge in [0.05, 0.1) is 31.0 Å². The molecule has 1 atom stereocenters. The van der Waals surface area contributed by atoms with Crippen LogP contribution >= 0.6 is 0 Å². The smallest absolute Gasteiger partial charge is 0.307 e. The van der Waals surface area contributed by atoms with Gasteiger partial charge in [0, 0.05) is 25.8 Å². The van der Waals surface area contributed by atoms with Crippen molar-refractivity contribution in [1.82, 2.24) is 10.3 Å². The first-order chi connectivity index (χ1) is 8.81. The van der Waals surface area contributed by atoms with Gasteiger partial charge in [0.25, 0.3) is 0 Å². The van der Waals surface area contributed by atoms with Crippen LogP contribution in [0.4, 0.5) is 5.69 Å². The maximum Gasteiger partial charge on any atom is 0.307 e. The fourth-order valence-electron chi connectivity index (χ4n) is 2.22. The van der Waals surface area contributed by atoms with Crippen LogP contribution in [0.15, 0.2) is 24.5 Å². The zero-order valence-corrected chi connectivity index (χ0v) is 10.6. The number of anilines is 1. The van der Waals surface area contributed by atoms with Gasteiger partial charge in [0.15, 0.2) is 0 Å². The van der Waals surface area contributed by atoms with Crippen molar-refractivity contribution in [2.45, 2.75) is 19.4 Å². The minimum absolute atomic E-state index is 0.139. The maximum atomic E-state index is 11.6. The van der Waals surface area contributed by atoms with Crippen molar-refractivity contribution in [3.8, 4) is 0 Å². The monoisotopic (exact) mass is 249 g/mol. The molecule has 2 heterocycles. The van der Waals surface area contributed by atoms with E-state index >= 15 is 0 Å². The Morgan fingerprint density at radius 3 is 3.28 bits per heavy atom. The summed E-state index contributed by atoms with van der Waals surface area (Å²) in [6.45, 7) is 4.87. The Hall–Kier alpha value is -1.62. The van der Waals surface area contributed by atoms with E-state index in [2.05, 4.69) is 15.2 Å². The summed E-state index contributed by atoms with van der Waals surface area (Å²) in [5.41, 5.74) is 1.06. The number of rotatable bonds is 4. The van der Waals surface area contributed by atoms with E-state index in [1.165, 1.54) is 0 Å². The molecule has 0 amide bonds. The molecule has 0 spiro atoms. The van der Waals surface area contributed by atoms with Crippen LogP contribution in [0.25, 0.3) is 0 Å². The van der Waals surface area contributed by atoms with Gasteiger partial charge in [-0.3, -0.25) is 9.78 Å². The van der Waals surface area contributed by atoms with Crippen LogP contribution < -0.4 is 10.2 Å². The van der Waals surface area contributed by atoms with Crippen molar-refractivity contribution < 1.29 is 9.53 Å². The SMILES string of the molecule is CCOC(=O)CC1CNCCN1c1cccnc1. The van der Waals surface area contributed by atoms with Gasteiger partial charge in [0.1, 0.15) is 0 Å². The minimum atomic E-state index is -0.139. The average molecular weight is 249 g/mol. The van der Waals surface area contributed by atoms with E-state index in [0.29, 0.717) is 13.0 Å². The van der Waals surface area contributed by atoms with E-state index in [4.69, 9.17) is 4.74 Å². The molecule has 1 N–H and O–H groups in total. The van der Waals surface area contributed by atoms with E-state index < -0.39 is 0 Å². The van der Waals surface area contributed by atoms with Crippen molar-refractivity contribution in [2.75, 3.05) is 31.1 Å². The summed E-state index contributed by atoms with van der Waals surface area (Å²) in [5.74, 6) is -0.139. The number of carbonyl (C=O) groups is 1. The average Bonchev–Trinajstić information content (AvgIpc) is 2.40. The molecule has 1 aliphatic rings. The molecule has 1 fully saturated rings. The van der Waals surface area contributed by atoms with E-state index in [9.17, 15) is 4.79 Å². The number of esters is 1. The van der Waals surface area contributed by atoms with Crippen LogP contribution in [0.3, 0.4) is 0 Å². The van der Waals surface area contributed by atoms with Crippen LogP contribution in [-0.2, 0) is 9.53 Å². The number of nitrogens with zero attached hydrogens (tertiary/aromatic N) is 2. The Morgan fingerprint density at radius 2 is 2.56 bits per heavy atom. The van der Waals surface area contributed by atoms with Gasteiger partial charge in [-0.2, -0.15) is 0 Å². The van der Waals surface area contributed by atoms with Gasteiger partial charge in [-0.1, -0.05) is 0 Å². The number of aromatic nitrogens is 1. The van der Waals surface area contributed by atoms with Crippen molar-refractivity contribution in [3.05, 3.63) is 24.5 Å². The molecule has 5 heteroatoms. The number of pyridine rings is 1. The summed E-state index contributed by atoms with van der Waals surface area (Å²) in [6, 6.07) is 4.08. The standard InChI is InChI=1S/C13H19N3O2/c1-2-18-13(17)8-12-10-15-6-7-16(12)11-4-3-5-14-9-11/h3-5,9,12,15H,2,6-8,10H2,1H3. The summed E-state index contributed by atoms with van der Waals surface area (Å²) in [7, 11) is 0. The molecule has 0 bridgehead atoms. The minimum Gasteiger partial charge on any atom is -0.466 e. The van der Waals surface area contributed by atoms with E-state index in [1.807, 2.05) is 25.3 Å². The Kier molecular flexibility index (Phi) is 4.52. The first-order valence-electron chi connectivity index (χ1n) is 6.34. The Bertz CT molecular complexity index is 383. The zero-order chi connectivity index (χ0) is 12.8. The number of piperazine rings is 1. The van der Waals surface area contributed by atoms with E-state index in [-0.39, 0.29) is 12.0 Å². The summed E-state index contributed by atoms with van der Waals surface area (Å²) in [6.07, 6.45) is 4.01. The molecular formula is C13H19N3O2. The molecule has 98 valence electrons. The first-order valence-corrected chi connectivity index (χ1v) is 6.34. The lowest BCUT2D eigenvalue weighted by atomic mass is 10.1. The lowest BCUT2D eigenvalue weighted by Gasteiger charge is -2.37. The molecule has 1 unspecified atom stereocenters. The Labute approximate surface area is 107 Å². The van der Waals surface area contributed by atoms with Crippen molar-refractivity contribution in [1.29, 1.82) is 0 Å². The van der Waals surface area contributed by atoms with Gasteiger partial charge in [-0.05, 0) is 19.1 Å². The molecule has 1 aromatic heterocycles. The van der Waals surface area contributed by atoms with Gasteiger partial charge in [-0.15, -0.1) is 0 Å². The summed E-state index contributed by atoms with van der Waals surface area (Å²) < 4.78 is 5.02. The van der Waals surface area contributed by atoms with Gasteiger partial charge in [0.2, 0.25) is 0 Å². The molecule has 5 nitrogen and oxygen atoms in total. The predicted molar refractivity (Wildman–Crippen MR) is 69.5 cm³/mol. The van der Waals surface area contributed by atoms with Gasteiger partial charge >= 0.3 is 5.97 Å². The van der Waals surface area contributed by atoms with Crippen LogP contribution in [0.5, 0.6) is 0 Å². The van der Waals surface area contributed by atoms with E-state index in [1.54, 1.807) is 6.20 Å². The fourth-order valence-corrected chi connectivity index (χ4v) is 2.22. The quantitative estimate of drug-likeness (QED) is 0.800. The summed E-state index contributed by atoms with van der Waals surface area (Å²) in [5, 5.41) is 3.31. The van der Waals surface area contributed by atoms with Crippen LogP contribution in [0.2, 0.25) is 0 Å². The maximum absolute atomic E-state index is 11.6. The van der Waals surface area contributed by atoms with Gasteiger partial charge in [-0.25, -0.2) is 0 Å². The predicted octanol–water partition coefficient (Wildman–Crippen LogP) is 0.813. The number of carbonyl (C=O) groups excluding carboxylic acids is 1. The molecule has 1 aromatic rings. The topological polar surface area (TPSA) is 54.5 Å². The highest BCUT2D eigenvalue weighted by molar-refractivity contribution is 5.71. The Morgan fingerprint density at radius 1 is 1.67 bits per heavy atom. The highest BCUT2D eigenvalue weighted by Crippen LogP contribution is 2.18. The van der Waals surface area contributed by atoms with Crippen molar-refractivity contribution in [2.24, 2.45) is 0 Å². The zero-order valence-electron chi connectivity index (χ0n) is 10.6. The molecule has 0 saturated carbocycles. The molecule has 0 radical (unpaired) electrons. The summed E-state index contributed by atoms with van der Waals surface area (Å²) >= 11 is 0. The summed E-state index contributed by atoms with van der Waals surface area (Å²) in [4.78, 5) is 18.0. The third kappa shape index (κ3) is 3.20. The van der Waals surface area contributed by atoms with Crippen LogP contribution in [-0.4, -0.2) is 43.2 Å². The second-order valence-corrected chi connectivity index (χ2v) is 4.27. The number of hydrogen-bond acceptors (Lipinski definition) is 5. The highest BCUT2D eigenvalue weighted by Gasteiger charge is 2.25. The van der Waals surface area contributed by atoms with Crippen molar-refractivity contribution >= 4 is 11.7 Å². The lowest BCUT2D eigenvalue weighted by Crippen LogP contribution is -2.52. The number of nitrogens with one attached hydrogen (secondary N) is 1. The molecule has 1 aliphatic heterocycles. The number of ether oxygens (including phenoxy) is 1. The molecule has 0 aliphatic carbocycles. The van der Waals surface area contributed by atoms with Crippen LogP contribution in [0, 0.1) is 0 Å². The fraction of sp³-hybridized carbons (Fsp3) is 0.538. The lowest BCUT2D eigenvalue weighted by molar-refractivity contribution is -0.143. The molecule has 1 saturated heterocycles. The molecule has 18 heavy (non-hydrogen) atoms. The van der Waals surface area contributed by atoms with Crippen LogP contribution in [0.1, 0.15) is 13.3 Å². The third-order valence-corrected chi connectivity index (χ3v) is 3.04. The largest absolute Gasteiger partial charge is 0.466 e. The first kappa shape index (κ1) is 12.8.